The number of thioether (sulfide) groups is 1. The van der Waals surface area contributed by atoms with Crippen molar-refractivity contribution in [3.05, 3.63) is 83.8 Å². The van der Waals surface area contributed by atoms with Gasteiger partial charge in [-0.25, -0.2) is 4.98 Å². The Bertz CT molecular complexity index is 1430. The van der Waals surface area contributed by atoms with Crippen LogP contribution in [0.25, 0.3) is 33.6 Å². The lowest BCUT2D eigenvalue weighted by Crippen LogP contribution is -2.30. The summed E-state index contributed by atoms with van der Waals surface area (Å²) in [6.07, 6.45) is 1.57. The highest BCUT2D eigenvalue weighted by Crippen LogP contribution is 2.33. The van der Waals surface area contributed by atoms with Crippen LogP contribution >= 0.6 is 23.4 Å². The Hall–Kier alpha value is -3.62. The average Bonchev–Trinajstić information content (AvgIpc) is 3.54. The van der Waals surface area contributed by atoms with Gasteiger partial charge in [-0.1, -0.05) is 53.7 Å². The minimum atomic E-state index is -0.429. The van der Waals surface area contributed by atoms with Crippen molar-refractivity contribution in [2.45, 2.75) is 23.9 Å². The minimum absolute atomic E-state index is 0.152. The van der Waals surface area contributed by atoms with E-state index in [-0.39, 0.29) is 5.91 Å². The Morgan fingerprint density at radius 2 is 1.91 bits per heavy atom. The summed E-state index contributed by atoms with van der Waals surface area (Å²) in [5.74, 6) is 0.895. The molecule has 0 spiro atoms. The Kier molecular flexibility index (Phi) is 6.33. The van der Waals surface area contributed by atoms with Crippen LogP contribution in [-0.4, -0.2) is 26.3 Å². The van der Waals surface area contributed by atoms with Crippen LogP contribution in [0.15, 0.2) is 87.1 Å². The number of halogens is 1. The number of fused-ring (bicyclic) bond motifs is 1. The predicted molar refractivity (Wildman–Crippen MR) is 131 cm³/mol. The van der Waals surface area contributed by atoms with Crippen molar-refractivity contribution in [1.82, 2.24) is 20.5 Å². The number of aromatic nitrogens is 3. The number of nitrogens with zero attached hydrogens (tertiary/aromatic N) is 3. The van der Waals surface area contributed by atoms with Crippen molar-refractivity contribution in [3.8, 4) is 22.7 Å². The number of amides is 1. The molecule has 0 aliphatic carbocycles. The van der Waals surface area contributed by atoms with Crippen LogP contribution in [0.1, 0.15) is 12.7 Å². The zero-order valence-corrected chi connectivity index (χ0v) is 19.6. The Morgan fingerprint density at radius 1 is 1.09 bits per heavy atom. The van der Waals surface area contributed by atoms with Crippen molar-refractivity contribution in [2.24, 2.45) is 0 Å². The second-order valence-corrected chi connectivity index (χ2v) is 9.24. The highest BCUT2D eigenvalue weighted by atomic mass is 35.5. The van der Waals surface area contributed by atoms with Gasteiger partial charge in [0.1, 0.15) is 5.76 Å². The van der Waals surface area contributed by atoms with E-state index < -0.39 is 5.25 Å². The molecular weight excluding hydrogens is 472 g/mol. The Labute approximate surface area is 204 Å². The zero-order valence-electron chi connectivity index (χ0n) is 18.1. The first-order valence-electron chi connectivity index (χ1n) is 10.5. The number of nitrogens with one attached hydrogen (secondary N) is 1. The van der Waals surface area contributed by atoms with Crippen LogP contribution in [0.5, 0.6) is 0 Å². The number of carbonyl (C=O) groups is 1. The second kappa shape index (κ2) is 9.70. The maximum Gasteiger partial charge on any atom is 0.277 e. The number of pyridine rings is 1. The summed E-state index contributed by atoms with van der Waals surface area (Å²) in [4.78, 5) is 17.2. The fraction of sp³-hybridized carbons (Fsp3) is 0.120. The molecule has 2 aromatic carbocycles. The average molecular weight is 491 g/mol. The largest absolute Gasteiger partial charge is 0.467 e. The summed E-state index contributed by atoms with van der Waals surface area (Å²) in [7, 11) is 0. The van der Waals surface area contributed by atoms with E-state index in [4.69, 9.17) is 25.4 Å². The molecule has 1 amide bonds. The van der Waals surface area contributed by atoms with Gasteiger partial charge >= 0.3 is 0 Å². The molecule has 0 radical (unpaired) electrons. The van der Waals surface area contributed by atoms with Gasteiger partial charge in [-0.05, 0) is 43.3 Å². The zero-order chi connectivity index (χ0) is 23.5. The van der Waals surface area contributed by atoms with E-state index in [0.29, 0.717) is 28.4 Å². The Morgan fingerprint density at radius 3 is 2.71 bits per heavy atom. The summed E-state index contributed by atoms with van der Waals surface area (Å²) >= 11 is 7.24. The standard InChI is InChI=1S/C25H19ClN4O3S/c1-15(23(31)27-14-18-5-4-12-32-18)34-25-30-29-24(33-25)20-13-22(16-8-10-17(26)11-9-16)28-21-7-3-2-6-19(20)21/h2-13,15H,14H2,1H3,(H,27,31)/t15-/m1/s1. The first kappa shape index (κ1) is 22.2. The van der Waals surface area contributed by atoms with Crippen molar-refractivity contribution in [1.29, 1.82) is 0 Å². The smallest absolute Gasteiger partial charge is 0.277 e. The van der Waals surface area contributed by atoms with E-state index in [1.54, 1.807) is 25.3 Å². The summed E-state index contributed by atoms with van der Waals surface area (Å²) < 4.78 is 11.2. The topological polar surface area (TPSA) is 94.0 Å². The van der Waals surface area contributed by atoms with Crippen LogP contribution in [0, 0.1) is 0 Å². The monoisotopic (exact) mass is 490 g/mol. The molecule has 9 heteroatoms. The van der Waals surface area contributed by atoms with E-state index in [0.717, 1.165) is 27.7 Å². The van der Waals surface area contributed by atoms with E-state index in [1.165, 1.54) is 11.8 Å². The van der Waals surface area contributed by atoms with Crippen molar-refractivity contribution in [3.63, 3.8) is 0 Å². The number of hydrogen-bond acceptors (Lipinski definition) is 7. The molecule has 3 aromatic heterocycles. The molecule has 7 nitrogen and oxygen atoms in total. The SMILES string of the molecule is C[C@@H](Sc1nnc(-c2cc(-c3ccc(Cl)cc3)nc3ccccc23)o1)C(=O)NCc1ccco1. The van der Waals surface area contributed by atoms with Crippen LogP contribution in [-0.2, 0) is 11.3 Å². The molecule has 0 aliphatic heterocycles. The van der Waals surface area contributed by atoms with Crippen molar-refractivity contribution < 1.29 is 13.6 Å². The molecule has 3 heterocycles. The number of carbonyl (C=O) groups excluding carboxylic acids is 1. The molecule has 0 aliphatic rings. The number of furan rings is 1. The van der Waals surface area contributed by atoms with Gasteiger partial charge in [0.2, 0.25) is 11.8 Å². The number of hydrogen-bond donors (Lipinski definition) is 1. The van der Waals surface area contributed by atoms with E-state index in [9.17, 15) is 4.79 Å². The maximum atomic E-state index is 12.4. The van der Waals surface area contributed by atoms with Gasteiger partial charge in [0.25, 0.3) is 5.22 Å². The van der Waals surface area contributed by atoms with Crippen molar-refractivity contribution in [2.75, 3.05) is 0 Å². The van der Waals surface area contributed by atoms with Crippen molar-refractivity contribution >= 4 is 40.2 Å². The quantitative estimate of drug-likeness (QED) is 0.280. The first-order valence-corrected chi connectivity index (χ1v) is 11.8. The summed E-state index contributed by atoms with van der Waals surface area (Å²) in [5, 5.41) is 12.7. The van der Waals surface area contributed by atoms with Gasteiger partial charge in [-0.3, -0.25) is 4.79 Å². The fourth-order valence-corrected chi connectivity index (χ4v) is 4.26. The van der Waals surface area contributed by atoms with Crippen LogP contribution < -0.4 is 5.32 Å². The molecule has 5 aromatic rings. The number of rotatable bonds is 7. The lowest BCUT2D eigenvalue weighted by molar-refractivity contribution is -0.120. The fourth-order valence-electron chi connectivity index (χ4n) is 3.42. The van der Waals surface area contributed by atoms with Gasteiger partial charge in [0, 0.05) is 16.0 Å². The molecule has 5 rings (SSSR count). The van der Waals surface area contributed by atoms with Crippen LogP contribution in [0.3, 0.4) is 0 Å². The first-order chi connectivity index (χ1) is 16.6. The molecule has 0 bridgehead atoms. The third-order valence-corrected chi connectivity index (χ3v) is 6.34. The van der Waals surface area contributed by atoms with Crippen LogP contribution in [0.2, 0.25) is 5.02 Å². The van der Waals surface area contributed by atoms with E-state index in [2.05, 4.69) is 15.5 Å². The normalized spacial score (nSPS) is 12.1. The number of para-hydroxylation sites is 1. The minimum Gasteiger partial charge on any atom is -0.467 e. The third kappa shape index (κ3) is 4.83. The second-order valence-electron chi connectivity index (χ2n) is 7.51. The third-order valence-electron chi connectivity index (χ3n) is 5.16. The van der Waals surface area contributed by atoms with E-state index >= 15 is 0 Å². The lowest BCUT2D eigenvalue weighted by Gasteiger charge is -2.09. The molecular formula is C25H19ClN4O3S. The summed E-state index contributed by atoms with van der Waals surface area (Å²) in [6.45, 7) is 2.11. The van der Waals surface area contributed by atoms with Gasteiger partial charge in [0.15, 0.2) is 0 Å². The summed E-state index contributed by atoms with van der Waals surface area (Å²) in [6, 6.07) is 20.8. The Balaban J connectivity index is 1.39. The predicted octanol–water partition coefficient (Wildman–Crippen LogP) is 6.00. The highest BCUT2D eigenvalue weighted by Gasteiger charge is 2.20. The maximum absolute atomic E-state index is 12.4. The van der Waals surface area contributed by atoms with Gasteiger partial charge in [-0.15, -0.1) is 10.2 Å². The molecule has 170 valence electrons. The van der Waals surface area contributed by atoms with Gasteiger partial charge in [0.05, 0.1) is 34.8 Å². The number of benzene rings is 2. The van der Waals surface area contributed by atoms with E-state index in [1.807, 2.05) is 54.6 Å². The molecule has 1 N–H and O–H groups in total. The highest BCUT2D eigenvalue weighted by molar-refractivity contribution is 8.00. The van der Waals surface area contributed by atoms with Crippen LogP contribution in [0.4, 0.5) is 0 Å². The molecule has 0 fully saturated rings. The summed E-state index contributed by atoms with van der Waals surface area (Å²) in [5.41, 5.74) is 3.27. The van der Waals surface area contributed by atoms with Gasteiger partial charge < -0.3 is 14.2 Å². The molecule has 0 unspecified atom stereocenters. The lowest BCUT2D eigenvalue weighted by atomic mass is 10.0. The van der Waals surface area contributed by atoms with Gasteiger partial charge in [-0.2, -0.15) is 0 Å². The molecule has 1 atom stereocenters. The molecule has 0 saturated heterocycles. The molecule has 0 saturated carbocycles. The molecule has 34 heavy (non-hydrogen) atoms.